The van der Waals surface area contributed by atoms with Gasteiger partial charge in [-0.05, 0) is 5.92 Å². The van der Waals surface area contributed by atoms with Gasteiger partial charge in [0.25, 0.3) is 0 Å². The fourth-order valence-electron chi connectivity index (χ4n) is 1.28. The van der Waals surface area contributed by atoms with E-state index in [1.165, 1.54) is 6.20 Å². The molecule has 0 radical (unpaired) electrons. The van der Waals surface area contributed by atoms with Crippen LogP contribution in [0.25, 0.3) is 0 Å². The monoisotopic (exact) mass is 249 g/mol. The standard InChI is InChI=1S/C10H14F3N3O/c1-7(2)3-9(17)15-8-4-14-16(5-8)6-10(11,12)13/h4-5,7H,3,6H2,1-2H3,(H,15,17). The van der Waals surface area contributed by atoms with Gasteiger partial charge >= 0.3 is 6.18 Å². The Balaban J connectivity index is 2.54. The normalized spacial score (nSPS) is 11.9. The number of rotatable bonds is 4. The van der Waals surface area contributed by atoms with Crippen molar-refractivity contribution < 1.29 is 18.0 Å². The van der Waals surface area contributed by atoms with Crippen LogP contribution in [-0.4, -0.2) is 21.9 Å². The van der Waals surface area contributed by atoms with E-state index in [1.807, 2.05) is 13.8 Å². The molecule has 1 aromatic heterocycles. The molecule has 0 saturated carbocycles. The number of carbonyl (C=O) groups excluding carboxylic acids is 1. The number of nitrogens with zero attached hydrogens (tertiary/aromatic N) is 2. The molecule has 1 N–H and O–H groups in total. The van der Waals surface area contributed by atoms with Crippen LogP contribution in [0, 0.1) is 5.92 Å². The maximum atomic E-state index is 12.0. The third kappa shape index (κ3) is 5.37. The predicted molar refractivity (Wildman–Crippen MR) is 56.4 cm³/mol. The first kappa shape index (κ1) is 13.5. The minimum atomic E-state index is -4.31. The van der Waals surface area contributed by atoms with E-state index in [9.17, 15) is 18.0 Å². The Morgan fingerprint density at radius 2 is 2.18 bits per heavy atom. The van der Waals surface area contributed by atoms with Gasteiger partial charge in [0, 0.05) is 12.6 Å². The Morgan fingerprint density at radius 1 is 1.53 bits per heavy atom. The average molecular weight is 249 g/mol. The van der Waals surface area contributed by atoms with Gasteiger partial charge in [0.1, 0.15) is 6.54 Å². The number of aromatic nitrogens is 2. The van der Waals surface area contributed by atoms with Gasteiger partial charge in [-0.1, -0.05) is 13.8 Å². The van der Waals surface area contributed by atoms with Gasteiger partial charge in [-0.25, -0.2) is 0 Å². The van der Waals surface area contributed by atoms with Crippen LogP contribution in [0.15, 0.2) is 12.4 Å². The van der Waals surface area contributed by atoms with Crippen molar-refractivity contribution in [3.05, 3.63) is 12.4 Å². The second-order valence-electron chi connectivity index (χ2n) is 4.19. The minimum absolute atomic E-state index is 0.195. The van der Waals surface area contributed by atoms with E-state index in [1.54, 1.807) is 0 Å². The maximum Gasteiger partial charge on any atom is 0.408 e. The molecule has 0 aliphatic rings. The largest absolute Gasteiger partial charge is 0.408 e. The van der Waals surface area contributed by atoms with Crippen molar-refractivity contribution in [2.45, 2.75) is 33.0 Å². The van der Waals surface area contributed by atoms with Gasteiger partial charge in [-0.15, -0.1) is 0 Å². The Bertz CT molecular complexity index is 384. The number of halogens is 3. The molecule has 4 nitrogen and oxygen atoms in total. The summed E-state index contributed by atoms with van der Waals surface area (Å²) in [5, 5.41) is 6.01. The van der Waals surface area contributed by atoms with Crippen molar-refractivity contribution in [3.8, 4) is 0 Å². The first-order chi connectivity index (χ1) is 7.76. The molecule has 0 aliphatic heterocycles. The molecule has 0 atom stereocenters. The molecule has 17 heavy (non-hydrogen) atoms. The van der Waals surface area contributed by atoms with Crippen molar-refractivity contribution in [1.82, 2.24) is 9.78 Å². The topological polar surface area (TPSA) is 46.9 Å². The molecule has 1 rings (SSSR count). The van der Waals surface area contributed by atoms with Crippen LogP contribution < -0.4 is 5.32 Å². The quantitative estimate of drug-likeness (QED) is 0.890. The number of carbonyl (C=O) groups is 1. The summed E-state index contributed by atoms with van der Waals surface area (Å²) in [5.41, 5.74) is 0.278. The van der Waals surface area contributed by atoms with Crippen molar-refractivity contribution in [2.75, 3.05) is 5.32 Å². The second kappa shape index (κ2) is 5.20. The molecule has 7 heteroatoms. The van der Waals surface area contributed by atoms with E-state index in [4.69, 9.17) is 0 Å². The molecule has 96 valence electrons. The number of alkyl halides is 3. The lowest BCUT2D eigenvalue weighted by Crippen LogP contribution is -2.18. The summed E-state index contributed by atoms with van der Waals surface area (Å²) in [5.74, 6) is -0.0354. The van der Waals surface area contributed by atoms with Crippen LogP contribution in [0.2, 0.25) is 0 Å². The van der Waals surface area contributed by atoms with Crippen LogP contribution in [0.5, 0.6) is 0 Å². The summed E-state index contributed by atoms with van der Waals surface area (Å²) in [6.07, 6.45) is -1.63. The molecular formula is C10H14F3N3O. The minimum Gasteiger partial charge on any atom is -0.323 e. The molecule has 0 spiro atoms. The molecule has 0 saturated heterocycles. The summed E-state index contributed by atoms with van der Waals surface area (Å²) >= 11 is 0. The Kier molecular flexibility index (Phi) is 4.14. The highest BCUT2D eigenvalue weighted by Crippen LogP contribution is 2.18. The predicted octanol–water partition coefficient (Wildman–Crippen LogP) is 2.43. The van der Waals surface area contributed by atoms with E-state index < -0.39 is 12.7 Å². The maximum absolute atomic E-state index is 12.0. The highest BCUT2D eigenvalue weighted by molar-refractivity contribution is 5.90. The Morgan fingerprint density at radius 3 is 2.71 bits per heavy atom. The molecule has 1 heterocycles. The smallest absolute Gasteiger partial charge is 0.323 e. The van der Waals surface area contributed by atoms with Crippen molar-refractivity contribution >= 4 is 11.6 Å². The SMILES string of the molecule is CC(C)CC(=O)Nc1cnn(CC(F)(F)F)c1. The van der Waals surface area contributed by atoms with Crippen LogP contribution in [-0.2, 0) is 11.3 Å². The molecule has 0 unspecified atom stereocenters. The third-order valence-electron chi connectivity index (χ3n) is 1.85. The zero-order valence-corrected chi connectivity index (χ0v) is 9.58. The van der Waals surface area contributed by atoms with Gasteiger partial charge in [0.05, 0.1) is 11.9 Å². The van der Waals surface area contributed by atoms with Gasteiger partial charge in [-0.2, -0.15) is 18.3 Å². The number of nitrogens with one attached hydrogen (secondary N) is 1. The fraction of sp³-hybridized carbons (Fsp3) is 0.600. The van der Waals surface area contributed by atoms with Crippen molar-refractivity contribution in [3.63, 3.8) is 0 Å². The molecule has 0 bridgehead atoms. The van der Waals surface area contributed by atoms with E-state index >= 15 is 0 Å². The van der Waals surface area contributed by atoms with E-state index in [0.29, 0.717) is 6.42 Å². The first-order valence-electron chi connectivity index (χ1n) is 5.15. The third-order valence-corrected chi connectivity index (χ3v) is 1.85. The number of anilines is 1. The highest BCUT2D eigenvalue weighted by atomic mass is 19.4. The van der Waals surface area contributed by atoms with E-state index in [2.05, 4.69) is 10.4 Å². The summed E-state index contributed by atoms with van der Waals surface area (Å²) in [7, 11) is 0. The number of hydrogen-bond acceptors (Lipinski definition) is 2. The zero-order chi connectivity index (χ0) is 13.1. The van der Waals surface area contributed by atoms with Crippen LogP contribution in [0.3, 0.4) is 0 Å². The van der Waals surface area contributed by atoms with Crippen molar-refractivity contribution in [2.24, 2.45) is 5.92 Å². The summed E-state index contributed by atoms with van der Waals surface area (Å²) in [6.45, 7) is 2.60. The molecule has 1 amide bonds. The lowest BCUT2D eigenvalue weighted by atomic mass is 10.1. The van der Waals surface area contributed by atoms with Crippen LogP contribution in [0.1, 0.15) is 20.3 Å². The van der Waals surface area contributed by atoms with Gasteiger partial charge in [-0.3, -0.25) is 9.48 Å². The van der Waals surface area contributed by atoms with Gasteiger partial charge in [0.15, 0.2) is 0 Å². The average Bonchev–Trinajstić information content (AvgIpc) is 2.46. The van der Waals surface area contributed by atoms with Crippen LogP contribution in [0.4, 0.5) is 18.9 Å². The fourth-order valence-corrected chi connectivity index (χ4v) is 1.28. The van der Waals surface area contributed by atoms with E-state index in [-0.39, 0.29) is 17.5 Å². The lowest BCUT2D eigenvalue weighted by Gasteiger charge is -2.06. The molecule has 0 aromatic carbocycles. The Hall–Kier alpha value is -1.53. The van der Waals surface area contributed by atoms with Crippen molar-refractivity contribution in [1.29, 1.82) is 0 Å². The number of amides is 1. The first-order valence-corrected chi connectivity index (χ1v) is 5.15. The highest BCUT2D eigenvalue weighted by Gasteiger charge is 2.28. The summed E-state index contributed by atoms with van der Waals surface area (Å²) in [4.78, 5) is 11.3. The van der Waals surface area contributed by atoms with Gasteiger partial charge in [0.2, 0.25) is 5.91 Å². The Labute approximate surface area is 96.8 Å². The molecule has 0 aliphatic carbocycles. The lowest BCUT2D eigenvalue weighted by molar-refractivity contribution is -0.142. The molecule has 0 fully saturated rings. The summed E-state index contributed by atoms with van der Waals surface area (Å²) in [6, 6.07) is 0. The number of hydrogen-bond donors (Lipinski definition) is 1. The van der Waals surface area contributed by atoms with E-state index in [0.717, 1.165) is 10.9 Å². The molecular weight excluding hydrogens is 235 g/mol. The molecule has 1 aromatic rings. The summed E-state index contributed by atoms with van der Waals surface area (Å²) < 4.78 is 36.9. The van der Waals surface area contributed by atoms with Gasteiger partial charge < -0.3 is 5.32 Å². The second-order valence-corrected chi connectivity index (χ2v) is 4.19. The zero-order valence-electron chi connectivity index (χ0n) is 9.58. The van der Waals surface area contributed by atoms with Crippen LogP contribution >= 0.6 is 0 Å².